The summed E-state index contributed by atoms with van der Waals surface area (Å²) in [6, 6.07) is 5.19. The second kappa shape index (κ2) is 7.49. The number of halogens is 2. The van der Waals surface area contributed by atoms with Gasteiger partial charge in [0.25, 0.3) is 0 Å². The van der Waals surface area contributed by atoms with Gasteiger partial charge >= 0.3 is 12.0 Å². The van der Waals surface area contributed by atoms with Crippen LogP contribution in [0.15, 0.2) is 27.1 Å². The summed E-state index contributed by atoms with van der Waals surface area (Å²) in [5.74, 6) is -0.858. The number of nitrogens with zero attached hydrogens (tertiary/aromatic N) is 1. The van der Waals surface area contributed by atoms with Crippen LogP contribution < -0.4 is 5.32 Å². The Morgan fingerprint density at radius 3 is 2.68 bits per heavy atom. The number of nitrogens with one attached hydrogen (secondary N) is 1. The van der Waals surface area contributed by atoms with Gasteiger partial charge in [-0.15, -0.1) is 0 Å². The monoisotopic (exact) mass is 392 g/mol. The van der Waals surface area contributed by atoms with E-state index in [1.807, 2.05) is 12.1 Å². The van der Waals surface area contributed by atoms with Crippen molar-refractivity contribution < 1.29 is 14.7 Å². The largest absolute Gasteiger partial charge is 0.481 e. The molecule has 0 radical (unpaired) electrons. The summed E-state index contributed by atoms with van der Waals surface area (Å²) >= 11 is 6.68. The Kier molecular flexibility index (Phi) is 6.30. The highest BCUT2D eigenvalue weighted by Crippen LogP contribution is 2.26. The molecule has 0 aliphatic rings. The lowest BCUT2D eigenvalue weighted by Gasteiger charge is -2.18. The minimum atomic E-state index is -0.858. The van der Waals surface area contributed by atoms with E-state index in [4.69, 9.17) is 5.11 Å². The summed E-state index contributed by atoms with van der Waals surface area (Å²) in [5.41, 5.74) is 0.657. The maximum Gasteiger partial charge on any atom is 0.321 e. The Morgan fingerprint density at radius 1 is 1.37 bits per heavy atom. The van der Waals surface area contributed by atoms with Crippen LogP contribution in [0.1, 0.15) is 12.8 Å². The van der Waals surface area contributed by atoms with Crippen molar-refractivity contribution >= 4 is 49.5 Å². The molecule has 0 spiro atoms. The molecule has 0 heterocycles. The van der Waals surface area contributed by atoms with E-state index in [9.17, 15) is 9.59 Å². The van der Waals surface area contributed by atoms with Crippen LogP contribution in [0.4, 0.5) is 10.5 Å². The van der Waals surface area contributed by atoms with Gasteiger partial charge in [-0.05, 0) is 40.5 Å². The first-order valence-corrected chi connectivity index (χ1v) is 7.17. The predicted octanol–water partition coefficient (Wildman–Crippen LogP) is 3.54. The van der Waals surface area contributed by atoms with Gasteiger partial charge < -0.3 is 15.3 Å². The molecule has 0 unspecified atom stereocenters. The summed E-state index contributed by atoms with van der Waals surface area (Å²) < 4.78 is 1.64. The number of carboxylic acids is 1. The van der Waals surface area contributed by atoms with Crippen molar-refractivity contribution in [2.75, 3.05) is 18.9 Å². The van der Waals surface area contributed by atoms with Crippen LogP contribution in [0.5, 0.6) is 0 Å². The second-order valence-corrected chi connectivity index (χ2v) is 5.74. The summed E-state index contributed by atoms with van der Waals surface area (Å²) in [6.45, 7) is 0.393. The second-order valence-electron chi connectivity index (χ2n) is 3.97. The van der Waals surface area contributed by atoms with Gasteiger partial charge in [-0.2, -0.15) is 0 Å². The third-order valence-electron chi connectivity index (χ3n) is 2.40. The highest BCUT2D eigenvalue weighted by molar-refractivity contribution is 9.11. The first kappa shape index (κ1) is 16.0. The van der Waals surface area contributed by atoms with E-state index in [1.165, 1.54) is 4.90 Å². The average molecular weight is 394 g/mol. The number of carbonyl (C=O) groups excluding carboxylic acids is 1. The SMILES string of the molecule is CN(CCCC(=O)O)C(=O)Nc1cc(Br)ccc1Br. The van der Waals surface area contributed by atoms with Crippen LogP contribution in [0.2, 0.25) is 0 Å². The van der Waals surface area contributed by atoms with E-state index < -0.39 is 5.97 Å². The van der Waals surface area contributed by atoms with Crippen LogP contribution >= 0.6 is 31.9 Å². The molecule has 5 nitrogen and oxygen atoms in total. The fourth-order valence-corrected chi connectivity index (χ4v) is 2.08. The fraction of sp³-hybridized carbons (Fsp3) is 0.333. The Hall–Kier alpha value is -1.08. The normalized spacial score (nSPS) is 10.1. The molecule has 1 aromatic rings. The third kappa shape index (κ3) is 5.61. The number of carboxylic acid groups (broad SMARTS) is 1. The summed E-state index contributed by atoms with van der Waals surface area (Å²) in [5, 5.41) is 11.3. The molecule has 0 bridgehead atoms. The van der Waals surface area contributed by atoms with Crippen LogP contribution in [0.3, 0.4) is 0 Å². The van der Waals surface area contributed by atoms with Crippen molar-refractivity contribution in [2.45, 2.75) is 12.8 Å². The number of carbonyl (C=O) groups is 2. The molecule has 2 N–H and O–H groups in total. The molecule has 104 valence electrons. The van der Waals surface area contributed by atoms with Crippen LogP contribution in [-0.2, 0) is 4.79 Å². The number of hydrogen-bond donors (Lipinski definition) is 2. The standard InChI is InChI=1S/C12H14Br2N2O3/c1-16(6-2-3-11(17)18)12(19)15-10-7-8(13)4-5-9(10)14/h4-5,7H,2-3,6H2,1H3,(H,15,19)(H,17,18). The van der Waals surface area contributed by atoms with Gasteiger partial charge in [0.15, 0.2) is 0 Å². The Labute approximate surface area is 128 Å². The molecule has 19 heavy (non-hydrogen) atoms. The van der Waals surface area contributed by atoms with Gasteiger partial charge in [-0.1, -0.05) is 15.9 Å². The third-order valence-corrected chi connectivity index (χ3v) is 3.59. The van der Waals surface area contributed by atoms with Crippen LogP contribution in [0, 0.1) is 0 Å². The van der Waals surface area contributed by atoms with E-state index in [0.29, 0.717) is 18.7 Å². The lowest BCUT2D eigenvalue weighted by molar-refractivity contribution is -0.137. The Bertz CT molecular complexity index is 480. The van der Waals surface area contributed by atoms with E-state index in [0.717, 1.165) is 8.95 Å². The molecule has 7 heteroatoms. The van der Waals surface area contributed by atoms with E-state index in [1.54, 1.807) is 13.1 Å². The zero-order valence-electron chi connectivity index (χ0n) is 10.3. The van der Waals surface area contributed by atoms with Gasteiger partial charge in [0.05, 0.1) is 5.69 Å². The molecule has 0 aliphatic carbocycles. The molecule has 0 aromatic heterocycles. The number of benzene rings is 1. The lowest BCUT2D eigenvalue weighted by Crippen LogP contribution is -2.32. The van der Waals surface area contributed by atoms with Crippen molar-refractivity contribution in [3.8, 4) is 0 Å². The maximum atomic E-state index is 11.9. The van der Waals surface area contributed by atoms with Gasteiger partial charge in [-0.25, -0.2) is 4.79 Å². The van der Waals surface area contributed by atoms with Crippen molar-refractivity contribution in [3.63, 3.8) is 0 Å². The summed E-state index contributed by atoms with van der Waals surface area (Å²) in [6.07, 6.45) is 0.483. The summed E-state index contributed by atoms with van der Waals surface area (Å²) in [7, 11) is 1.63. The maximum absolute atomic E-state index is 11.9. The molecule has 2 amide bonds. The van der Waals surface area contributed by atoms with Gasteiger partial charge in [-0.3, -0.25) is 4.79 Å². The van der Waals surface area contributed by atoms with Crippen molar-refractivity contribution in [1.82, 2.24) is 4.90 Å². The highest BCUT2D eigenvalue weighted by Gasteiger charge is 2.11. The number of amides is 2. The molecule has 0 saturated carbocycles. The number of aliphatic carboxylic acids is 1. The molecule has 0 atom stereocenters. The van der Waals surface area contributed by atoms with Crippen LogP contribution in [0.25, 0.3) is 0 Å². The first-order chi connectivity index (χ1) is 8.90. The molecule has 1 aromatic carbocycles. The van der Waals surface area contributed by atoms with Crippen molar-refractivity contribution in [2.24, 2.45) is 0 Å². The minimum Gasteiger partial charge on any atom is -0.481 e. The molecular formula is C12H14Br2N2O3. The van der Waals surface area contributed by atoms with E-state index in [2.05, 4.69) is 37.2 Å². The Morgan fingerprint density at radius 2 is 2.05 bits per heavy atom. The molecule has 0 fully saturated rings. The minimum absolute atomic E-state index is 0.0538. The van der Waals surface area contributed by atoms with Crippen LogP contribution in [-0.4, -0.2) is 35.6 Å². The van der Waals surface area contributed by atoms with Gasteiger partial charge in [0.1, 0.15) is 0 Å². The Balaban J connectivity index is 2.54. The van der Waals surface area contributed by atoms with Gasteiger partial charge in [0, 0.05) is 29.0 Å². The molecule has 0 saturated heterocycles. The predicted molar refractivity (Wildman–Crippen MR) is 80.4 cm³/mol. The molecular weight excluding hydrogens is 380 g/mol. The fourth-order valence-electron chi connectivity index (χ4n) is 1.37. The smallest absolute Gasteiger partial charge is 0.321 e. The van der Waals surface area contributed by atoms with Crippen molar-refractivity contribution in [1.29, 1.82) is 0 Å². The summed E-state index contributed by atoms with van der Waals surface area (Å²) in [4.78, 5) is 23.7. The van der Waals surface area contributed by atoms with E-state index in [-0.39, 0.29) is 12.5 Å². The topological polar surface area (TPSA) is 69.6 Å². The molecule has 0 aliphatic heterocycles. The quantitative estimate of drug-likeness (QED) is 0.803. The highest BCUT2D eigenvalue weighted by atomic mass is 79.9. The number of rotatable bonds is 5. The number of hydrogen-bond acceptors (Lipinski definition) is 2. The van der Waals surface area contributed by atoms with Gasteiger partial charge in [0.2, 0.25) is 0 Å². The molecule has 1 rings (SSSR count). The number of urea groups is 1. The van der Waals surface area contributed by atoms with E-state index >= 15 is 0 Å². The zero-order valence-corrected chi connectivity index (χ0v) is 13.5. The lowest BCUT2D eigenvalue weighted by atomic mass is 10.3. The number of anilines is 1. The average Bonchev–Trinajstić information content (AvgIpc) is 2.33. The van der Waals surface area contributed by atoms with Crippen molar-refractivity contribution in [3.05, 3.63) is 27.1 Å². The first-order valence-electron chi connectivity index (χ1n) is 5.59. The zero-order chi connectivity index (χ0) is 14.4.